The van der Waals surface area contributed by atoms with Gasteiger partial charge in [0.1, 0.15) is 6.04 Å². The molecule has 1 aliphatic rings. The van der Waals surface area contributed by atoms with Crippen LogP contribution in [-0.2, 0) is 17.8 Å². The quantitative estimate of drug-likeness (QED) is 0.710. The van der Waals surface area contributed by atoms with E-state index in [1.54, 1.807) is 4.80 Å². The SMILES string of the molecule is O=C1NCCC1Nc1ccc(CCn2nnc(-c3ccccc3)n2)cc1. The van der Waals surface area contributed by atoms with Crippen molar-refractivity contribution < 1.29 is 4.79 Å². The Balaban J connectivity index is 1.33. The number of amides is 1. The van der Waals surface area contributed by atoms with Crippen molar-refractivity contribution in [2.75, 3.05) is 11.9 Å². The van der Waals surface area contributed by atoms with Gasteiger partial charge in [0.2, 0.25) is 11.7 Å². The molecule has 1 amide bonds. The molecular formula is C19H20N6O. The molecule has 1 unspecified atom stereocenters. The maximum absolute atomic E-state index is 11.6. The van der Waals surface area contributed by atoms with E-state index in [4.69, 9.17) is 0 Å². The van der Waals surface area contributed by atoms with Crippen molar-refractivity contribution in [1.82, 2.24) is 25.5 Å². The highest BCUT2D eigenvalue weighted by Gasteiger charge is 2.23. The summed E-state index contributed by atoms with van der Waals surface area (Å²) in [5.74, 6) is 0.709. The topological polar surface area (TPSA) is 84.7 Å². The maximum atomic E-state index is 11.6. The van der Waals surface area contributed by atoms with Crippen LogP contribution >= 0.6 is 0 Å². The zero-order valence-corrected chi connectivity index (χ0v) is 14.3. The summed E-state index contributed by atoms with van der Waals surface area (Å²) in [5.41, 5.74) is 3.11. The molecule has 2 heterocycles. The van der Waals surface area contributed by atoms with Gasteiger partial charge >= 0.3 is 0 Å². The average Bonchev–Trinajstić information content (AvgIpc) is 3.31. The molecule has 1 aliphatic heterocycles. The number of aromatic nitrogens is 4. The molecular weight excluding hydrogens is 328 g/mol. The average molecular weight is 348 g/mol. The molecule has 2 aromatic carbocycles. The van der Waals surface area contributed by atoms with Gasteiger partial charge in [-0.15, -0.1) is 10.2 Å². The van der Waals surface area contributed by atoms with E-state index < -0.39 is 0 Å². The number of nitrogens with zero attached hydrogens (tertiary/aromatic N) is 4. The molecule has 3 aromatic rings. The van der Waals surface area contributed by atoms with Gasteiger partial charge < -0.3 is 10.6 Å². The van der Waals surface area contributed by atoms with E-state index in [0.29, 0.717) is 12.4 Å². The summed E-state index contributed by atoms with van der Waals surface area (Å²) in [7, 11) is 0. The van der Waals surface area contributed by atoms with Crippen LogP contribution in [0.1, 0.15) is 12.0 Å². The van der Waals surface area contributed by atoms with Crippen LogP contribution in [0.4, 0.5) is 5.69 Å². The Morgan fingerprint density at radius 1 is 1.12 bits per heavy atom. The van der Waals surface area contributed by atoms with Gasteiger partial charge in [0.05, 0.1) is 6.54 Å². The summed E-state index contributed by atoms with van der Waals surface area (Å²) in [6, 6.07) is 17.8. The van der Waals surface area contributed by atoms with E-state index in [-0.39, 0.29) is 11.9 Å². The number of nitrogens with one attached hydrogen (secondary N) is 2. The molecule has 1 fully saturated rings. The van der Waals surface area contributed by atoms with Crippen molar-refractivity contribution in [3.8, 4) is 11.4 Å². The summed E-state index contributed by atoms with van der Waals surface area (Å²) in [6.07, 6.45) is 1.64. The van der Waals surface area contributed by atoms with Crippen LogP contribution in [0.5, 0.6) is 0 Å². The van der Waals surface area contributed by atoms with Gasteiger partial charge in [0, 0.05) is 17.8 Å². The molecule has 7 nitrogen and oxygen atoms in total. The van der Waals surface area contributed by atoms with E-state index >= 15 is 0 Å². The highest BCUT2D eigenvalue weighted by molar-refractivity contribution is 5.86. The summed E-state index contributed by atoms with van der Waals surface area (Å²) in [4.78, 5) is 13.2. The van der Waals surface area contributed by atoms with Crippen LogP contribution in [-0.4, -0.2) is 38.7 Å². The third-order valence-electron chi connectivity index (χ3n) is 4.43. The van der Waals surface area contributed by atoms with Gasteiger partial charge in [-0.1, -0.05) is 42.5 Å². The largest absolute Gasteiger partial charge is 0.374 e. The molecule has 1 saturated heterocycles. The third kappa shape index (κ3) is 3.72. The molecule has 132 valence electrons. The standard InChI is InChI=1S/C19H20N6O/c26-19-17(10-12-20-19)21-16-8-6-14(7-9-16)11-13-25-23-18(22-24-25)15-4-2-1-3-5-15/h1-9,17,21H,10-13H2,(H,20,26). The second-order valence-corrected chi connectivity index (χ2v) is 6.30. The molecule has 4 rings (SSSR count). The molecule has 1 aromatic heterocycles. The molecule has 2 N–H and O–H groups in total. The molecule has 1 atom stereocenters. The fraction of sp³-hybridized carbons (Fsp3) is 0.263. The van der Waals surface area contributed by atoms with Crippen molar-refractivity contribution in [2.24, 2.45) is 0 Å². The van der Waals surface area contributed by atoms with Gasteiger partial charge in [-0.2, -0.15) is 4.80 Å². The van der Waals surface area contributed by atoms with Gasteiger partial charge in [0.15, 0.2) is 0 Å². The number of carbonyl (C=O) groups excluding carboxylic acids is 1. The van der Waals surface area contributed by atoms with Gasteiger partial charge in [-0.25, -0.2) is 0 Å². The van der Waals surface area contributed by atoms with Crippen LogP contribution in [0, 0.1) is 0 Å². The fourth-order valence-corrected chi connectivity index (χ4v) is 2.97. The highest BCUT2D eigenvalue weighted by Crippen LogP contribution is 2.15. The summed E-state index contributed by atoms with van der Waals surface area (Å²) < 4.78 is 0. The predicted molar refractivity (Wildman–Crippen MR) is 98.4 cm³/mol. The van der Waals surface area contributed by atoms with E-state index in [2.05, 4.69) is 38.2 Å². The van der Waals surface area contributed by atoms with Crippen molar-refractivity contribution in [3.05, 3.63) is 60.2 Å². The number of hydrogen-bond donors (Lipinski definition) is 2. The molecule has 0 saturated carbocycles. The minimum atomic E-state index is -0.128. The zero-order valence-electron chi connectivity index (χ0n) is 14.3. The van der Waals surface area contributed by atoms with Crippen LogP contribution in [0.2, 0.25) is 0 Å². The Morgan fingerprint density at radius 2 is 1.92 bits per heavy atom. The summed E-state index contributed by atoms with van der Waals surface area (Å²) in [5, 5.41) is 18.8. The van der Waals surface area contributed by atoms with Crippen LogP contribution in [0.25, 0.3) is 11.4 Å². The second kappa shape index (κ2) is 7.35. The first-order valence-electron chi connectivity index (χ1n) is 8.74. The highest BCUT2D eigenvalue weighted by atomic mass is 16.2. The predicted octanol–water partition coefficient (Wildman–Crippen LogP) is 1.88. The molecule has 26 heavy (non-hydrogen) atoms. The Bertz CT molecular complexity index is 875. The van der Waals surface area contributed by atoms with Crippen molar-refractivity contribution in [3.63, 3.8) is 0 Å². The Kier molecular flexibility index (Phi) is 4.59. The lowest BCUT2D eigenvalue weighted by atomic mass is 10.1. The number of aryl methyl sites for hydroxylation is 2. The summed E-state index contributed by atoms with van der Waals surface area (Å²) in [6.45, 7) is 1.40. The lowest BCUT2D eigenvalue weighted by Gasteiger charge is -2.11. The van der Waals surface area contributed by atoms with Gasteiger partial charge in [-0.05, 0) is 35.8 Å². The Labute approximate surface area is 151 Å². The normalized spacial score (nSPS) is 16.5. The lowest BCUT2D eigenvalue weighted by Crippen LogP contribution is -2.29. The monoisotopic (exact) mass is 348 g/mol. The fourth-order valence-electron chi connectivity index (χ4n) is 2.97. The van der Waals surface area contributed by atoms with Crippen LogP contribution < -0.4 is 10.6 Å². The maximum Gasteiger partial charge on any atom is 0.242 e. The zero-order chi connectivity index (χ0) is 17.8. The smallest absolute Gasteiger partial charge is 0.242 e. The van der Waals surface area contributed by atoms with Crippen molar-refractivity contribution in [1.29, 1.82) is 0 Å². The Morgan fingerprint density at radius 3 is 2.65 bits per heavy atom. The first-order chi connectivity index (χ1) is 12.8. The number of tetrazole rings is 1. The van der Waals surface area contributed by atoms with E-state index in [9.17, 15) is 4.79 Å². The summed E-state index contributed by atoms with van der Waals surface area (Å²) >= 11 is 0. The minimum absolute atomic E-state index is 0.0700. The van der Waals surface area contributed by atoms with Crippen molar-refractivity contribution >= 4 is 11.6 Å². The number of hydrogen-bond acceptors (Lipinski definition) is 5. The molecule has 0 aliphatic carbocycles. The third-order valence-corrected chi connectivity index (χ3v) is 4.43. The Hall–Kier alpha value is -3.22. The number of anilines is 1. The molecule has 0 bridgehead atoms. The van der Waals surface area contributed by atoms with E-state index in [1.807, 2.05) is 42.5 Å². The number of rotatable bonds is 6. The molecule has 0 spiro atoms. The van der Waals surface area contributed by atoms with Crippen molar-refractivity contribution in [2.45, 2.75) is 25.4 Å². The first kappa shape index (κ1) is 16.3. The number of benzene rings is 2. The second-order valence-electron chi connectivity index (χ2n) is 6.30. The molecule has 7 heteroatoms. The molecule has 0 radical (unpaired) electrons. The van der Waals surface area contributed by atoms with Gasteiger partial charge in [-0.3, -0.25) is 4.79 Å². The van der Waals surface area contributed by atoms with Crippen LogP contribution in [0.15, 0.2) is 54.6 Å². The first-order valence-corrected chi connectivity index (χ1v) is 8.74. The van der Waals surface area contributed by atoms with E-state index in [1.165, 1.54) is 5.56 Å². The number of carbonyl (C=O) groups is 1. The minimum Gasteiger partial charge on any atom is -0.374 e. The lowest BCUT2D eigenvalue weighted by molar-refractivity contribution is -0.119. The van der Waals surface area contributed by atoms with E-state index in [0.717, 1.165) is 30.6 Å². The van der Waals surface area contributed by atoms with Crippen LogP contribution in [0.3, 0.4) is 0 Å². The van der Waals surface area contributed by atoms with Gasteiger partial charge in [0.25, 0.3) is 0 Å².